The van der Waals surface area contributed by atoms with E-state index < -0.39 is 0 Å². The molecule has 2 atom stereocenters. The SMILES string of the molecule is COc1ccc2c(c1)CCCC21CC1CNCC(C)C. The maximum atomic E-state index is 5.37. The molecule has 1 spiro atoms. The fourth-order valence-corrected chi connectivity index (χ4v) is 3.95. The van der Waals surface area contributed by atoms with Crippen LogP contribution in [0.25, 0.3) is 0 Å². The number of fused-ring (bicyclic) bond motifs is 2. The van der Waals surface area contributed by atoms with E-state index in [1.165, 1.54) is 37.8 Å². The lowest BCUT2D eigenvalue weighted by atomic mass is 9.78. The summed E-state index contributed by atoms with van der Waals surface area (Å²) in [5, 5.41) is 3.65. The lowest BCUT2D eigenvalue weighted by Crippen LogP contribution is -2.26. The first kappa shape index (κ1) is 13.9. The molecule has 1 aromatic carbocycles. The van der Waals surface area contributed by atoms with Crippen molar-refractivity contribution in [3.05, 3.63) is 29.3 Å². The molecule has 110 valence electrons. The Balaban J connectivity index is 1.71. The normalized spacial score (nSPS) is 27.7. The average molecular weight is 273 g/mol. The van der Waals surface area contributed by atoms with E-state index in [0.29, 0.717) is 5.41 Å². The zero-order valence-electron chi connectivity index (χ0n) is 13.0. The Morgan fingerprint density at radius 1 is 1.40 bits per heavy atom. The van der Waals surface area contributed by atoms with E-state index in [2.05, 4.69) is 37.4 Å². The minimum atomic E-state index is 0.490. The molecular weight excluding hydrogens is 246 g/mol. The van der Waals surface area contributed by atoms with Crippen LogP contribution < -0.4 is 10.1 Å². The molecule has 20 heavy (non-hydrogen) atoms. The average Bonchev–Trinajstić information content (AvgIpc) is 3.12. The van der Waals surface area contributed by atoms with Crippen LogP contribution in [0.4, 0.5) is 0 Å². The lowest BCUT2D eigenvalue weighted by Gasteiger charge is -2.27. The van der Waals surface area contributed by atoms with Crippen LogP contribution in [0.2, 0.25) is 0 Å². The van der Waals surface area contributed by atoms with E-state index in [4.69, 9.17) is 4.74 Å². The predicted molar refractivity (Wildman–Crippen MR) is 83.4 cm³/mol. The van der Waals surface area contributed by atoms with Crippen molar-refractivity contribution in [1.82, 2.24) is 5.32 Å². The Hall–Kier alpha value is -1.02. The third-order valence-corrected chi connectivity index (χ3v) is 5.09. The minimum Gasteiger partial charge on any atom is -0.497 e. The molecule has 3 rings (SSSR count). The third kappa shape index (κ3) is 2.46. The van der Waals surface area contributed by atoms with Crippen molar-refractivity contribution in [3.8, 4) is 5.75 Å². The fourth-order valence-electron chi connectivity index (χ4n) is 3.95. The summed E-state index contributed by atoms with van der Waals surface area (Å²) in [5.41, 5.74) is 3.63. The standard InChI is InChI=1S/C18H27NO/c1-13(2)11-19-12-15-10-18(15)8-4-5-14-9-16(20-3)6-7-17(14)18/h6-7,9,13,15,19H,4-5,8,10-12H2,1-3H3. The minimum absolute atomic E-state index is 0.490. The molecule has 2 aliphatic carbocycles. The maximum Gasteiger partial charge on any atom is 0.119 e. The van der Waals surface area contributed by atoms with Gasteiger partial charge in [-0.05, 0) is 79.3 Å². The summed E-state index contributed by atoms with van der Waals surface area (Å²) in [7, 11) is 1.76. The zero-order chi connectivity index (χ0) is 14.2. The van der Waals surface area contributed by atoms with Gasteiger partial charge in [-0.3, -0.25) is 0 Å². The summed E-state index contributed by atoms with van der Waals surface area (Å²) in [6.07, 6.45) is 5.30. The van der Waals surface area contributed by atoms with Crippen LogP contribution in [0, 0.1) is 11.8 Å². The molecule has 2 aliphatic rings. The molecule has 0 amide bonds. The molecule has 0 aliphatic heterocycles. The molecule has 2 nitrogen and oxygen atoms in total. The molecule has 0 bridgehead atoms. The number of hydrogen-bond acceptors (Lipinski definition) is 2. The quantitative estimate of drug-likeness (QED) is 0.886. The van der Waals surface area contributed by atoms with Gasteiger partial charge in [0.15, 0.2) is 0 Å². The van der Waals surface area contributed by atoms with E-state index in [0.717, 1.165) is 24.1 Å². The number of rotatable bonds is 5. The second kappa shape index (κ2) is 5.40. The van der Waals surface area contributed by atoms with Crippen molar-refractivity contribution in [3.63, 3.8) is 0 Å². The Labute approximate surface area is 122 Å². The van der Waals surface area contributed by atoms with E-state index >= 15 is 0 Å². The Kier molecular flexibility index (Phi) is 3.76. The van der Waals surface area contributed by atoms with Crippen LogP contribution in [-0.2, 0) is 11.8 Å². The van der Waals surface area contributed by atoms with Gasteiger partial charge in [-0.2, -0.15) is 0 Å². The second-order valence-corrected chi connectivity index (χ2v) is 6.99. The Bertz CT molecular complexity index is 482. The summed E-state index contributed by atoms with van der Waals surface area (Å²) in [5.74, 6) is 2.59. The highest BCUT2D eigenvalue weighted by Gasteiger charge is 2.55. The summed E-state index contributed by atoms with van der Waals surface area (Å²) in [4.78, 5) is 0. The summed E-state index contributed by atoms with van der Waals surface area (Å²) < 4.78 is 5.37. The van der Waals surface area contributed by atoms with Crippen LogP contribution >= 0.6 is 0 Å². The smallest absolute Gasteiger partial charge is 0.119 e. The molecule has 0 radical (unpaired) electrons. The van der Waals surface area contributed by atoms with Gasteiger partial charge in [-0.25, -0.2) is 0 Å². The molecule has 2 unspecified atom stereocenters. The van der Waals surface area contributed by atoms with Crippen molar-refractivity contribution in [2.24, 2.45) is 11.8 Å². The largest absolute Gasteiger partial charge is 0.497 e. The third-order valence-electron chi connectivity index (χ3n) is 5.09. The van der Waals surface area contributed by atoms with E-state index in [1.54, 1.807) is 12.7 Å². The van der Waals surface area contributed by atoms with Crippen LogP contribution in [-0.4, -0.2) is 20.2 Å². The van der Waals surface area contributed by atoms with Crippen molar-refractivity contribution in [1.29, 1.82) is 0 Å². The van der Waals surface area contributed by atoms with Gasteiger partial charge in [0.05, 0.1) is 7.11 Å². The molecule has 0 aromatic heterocycles. The maximum absolute atomic E-state index is 5.37. The van der Waals surface area contributed by atoms with E-state index in [-0.39, 0.29) is 0 Å². The van der Waals surface area contributed by atoms with Gasteiger partial charge in [-0.15, -0.1) is 0 Å². The number of benzene rings is 1. The number of hydrogen-bond donors (Lipinski definition) is 1. The van der Waals surface area contributed by atoms with Crippen molar-refractivity contribution < 1.29 is 4.74 Å². The molecule has 2 heteroatoms. The second-order valence-electron chi connectivity index (χ2n) is 6.99. The Morgan fingerprint density at radius 3 is 3.00 bits per heavy atom. The van der Waals surface area contributed by atoms with E-state index in [1.807, 2.05) is 0 Å². The molecule has 1 N–H and O–H groups in total. The van der Waals surface area contributed by atoms with Gasteiger partial charge in [0.25, 0.3) is 0 Å². The monoisotopic (exact) mass is 273 g/mol. The zero-order valence-corrected chi connectivity index (χ0v) is 13.0. The number of ether oxygens (including phenoxy) is 1. The van der Waals surface area contributed by atoms with Crippen LogP contribution in [0.1, 0.15) is 44.2 Å². The number of nitrogens with one attached hydrogen (secondary N) is 1. The van der Waals surface area contributed by atoms with Crippen LogP contribution in [0.5, 0.6) is 5.75 Å². The molecule has 0 saturated heterocycles. The topological polar surface area (TPSA) is 21.3 Å². The molecular formula is C18H27NO. The summed E-state index contributed by atoms with van der Waals surface area (Å²) >= 11 is 0. The first-order valence-corrected chi connectivity index (χ1v) is 8.04. The van der Waals surface area contributed by atoms with Gasteiger partial charge in [-0.1, -0.05) is 19.9 Å². The van der Waals surface area contributed by atoms with Gasteiger partial charge < -0.3 is 10.1 Å². The van der Waals surface area contributed by atoms with Gasteiger partial charge >= 0.3 is 0 Å². The van der Waals surface area contributed by atoms with Gasteiger partial charge in [0.1, 0.15) is 5.75 Å². The first-order chi connectivity index (χ1) is 9.65. The van der Waals surface area contributed by atoms with Gasteiger partial charge in [0, 0.05) is 0 Å². The highest BCUT2D eigenvalue weighted by Crippen LogP contribution is 2.60. The number of methoxy groups -OCH3 is 1. The molecule has 1 fully saturated rings. The highest BCUT2D eigenvalue weighted by atomic mass is 16.5. The van der Waals surface area contributed by atoms with Crippen LogP contribution in [0.15, 0.2) is 18.2 Å². The summed E-state index contributed by atoms with van der Waals surface area (Å²) in [6.45, 7) is 6.88. The number of aryl methyl sites for hydroxylation is 1. The Morgan fingerprint density at radius 2 is 2.25 bits per heavy atom. The first-order valence-electron chi connectivity index (χ1n) is 8.04. The summed E-state index contributed by atoms with van der Waals surface area (Å²) in [6, 6.07) is 6.73. The van der Waals surface area contributed by atoms with Crippen molar-refractivity contribution >= 4 is 0 Å². The lowest BCUT2D eigenvalue weighted by molar-refractivity contribution is 0.411. The molecule has 1 saturated carbocycles. The predicted octanol–water partition coefficient (Wildman–Crippen LogP) is 3.53. The van der Waals surface area contributed by atoms with E-state index in [9.17, 15) is 0 Å². The van der Waals surface area contributed by atoms with Gasteiger partial charge in [0.2, 0.25) is 0 Å². The van der Waals surface area contributed by atoms with Crippen molar-refractivity contribution in [2.45, 2.75) is 44.9 Å². The highest BCUT2D eigenvalue weighted by molar-refractivity contribution is 5.46. The van der Waals surface area contributed by atoms with Crippen LogP contribution in [0.3, 0.4) is 0 Å². The van der Waals surface area contributed by atoms with Crippen molar-refractivity contribution in [2.75, 3.05) is 20.2 Å². The fraction of sp³-hybridized carbons (Fsp3) is 0.667. The molecule has 1 aromatic rings. The molecule has 0 heterocycles.